The predicted molar refractivity (Wildman–Crippen MR) is 74.5 cm³/mol. The molecule has 0 spiro atoms. The van der Waals surface area contributed by atoms with Crippen molar-refractivity contribution < 1.29 is 18.1 Å². The zero-order chi connectivity index (χ0) is 14.9. The predicted octanol–water partition coefficient (Wildman–Crippen LogP) is 2.02. The normalized spacial score (nSPS) is 19.4. The van der Waals surface area contributed by atoms with Gasteiger partial charge >= 0.3 is 0 Å². The third kappa shape index (κ3) is 2.57. The smallest absolute Gasteiger partial charge is 0.265 e. The van der Waals surface area contributed by atoms with Gasteiger partial charge in [0.2, 0.25) is 0 Å². The minimum Gasteiger partial charge on any atom is -0.497 e. The van der Waals surface area contributed by atoms with Crippen molar-refractivity contribution in [2.45, 2.75) is 6.92 Å². The van der Waals surface area contributed by atoms with Crippen LogP contribution in [0.25, 0.3) is 6.08 Å². The maximum absolute atomic E-state index is 12.0. The van der Waals surface area contributed by atoms with E-state index in [2.05, 4.69) is 0 Å². The zero-order valence-electron chi connectivity index (χ0n) is 11.0. The highest BCUT2D eigenvalue weighted by Crippen LogP contribution is 2.32. The molecule has 1 aliphatic rings. The molecule has 0 bridgehead atoms. The number of hydrogen-bond acceptors (Lipinski definition) is 5. The Hall–Kier alpha value is -2.15. The first-order valence-electron chi connectivity index (χ1n) is 5.78. The first-order chi connectivity index (χ1) is 9.35. The van der Waals surface area contributed by atoms with E-state index in [1.807, 2.05) is 0 Å². The van der Waals surface area contributed by atoms with Gasteiger partial charge in [-0.05, 0) is 30.7 Å². The lowest BCUT2D eigenvalue weighted by Gasteiger charge is -2.02. The highest BCUT2D eigenvalue weighted by Gasteiger charge is 2.38. The average Bonchev–Trinajstić information content (AvgIpc) is 2.63. The minimum atomic E-state index is -3.63. The standard InChI is InChI=1S/C13H13NO5S/c1-9-12(14(15)16)8-20(17,18)13(9)7-10-3-5-11(19-2)6-4-10/h3-7H,8H2,1-2H3. The Morgan fingerprint density at radius 3 is 2.35 bits per heavy atom. The molecule has 20 heavy (non-hydrogen) atoms. The molecule has 0 saturated carbocycles. The van der Waals surface area contributed by atoms with Gasteiger partial charge in [0, 0.05) is 5.57 Å². The molecule has 1 heterocycles. The summed E-state index contributed by atoms with van der Waals surface area (Å²) in [7, 11) is -2.10. The van der Waals surface area contributed by atoms with Gasteiger partial charge in [0.1, 0.15) is 11.5 Å². The molecule has 1 aliphatic heterocycles. The highest BCUT2D eigenvalue weighted by atomic mass is 32.2. The van der Waals surface area contributed by atoms with Crippen molar-refractivity contribution in [3.8, 4) is 5.75 Å². The molecule has 0 aliphatic carbocycles. The molecule has 0 atom stereocenters. The lowest BCUT2D eigenvalue weighted by atomic mass is 10.1. The number of ether oxygens (including phenoxy) is 1. The Morgan fingerprint density at radius 2 is 1.90 bits per heavy atom. The van der Waals surface area contributed by atoms with E-state index in [0.29, 0.717) is 11.3 Å². The largest absolute Gasteiger partial charge is 0.497 e. The number of nitrogens with zero attached hydrogens (tertiary/aromatic N) is 1. The number of allylic oxidation sites excluding steroid dienone is 1. The lowest BCUT2D eigenvalue weighted by Crippen LogP contribution is -2.06. The topological polar surface area (TPSA) is 86.5 Å². The fourth-order valence-corrected chi connectivity index (χ4v) is 3.72. The number of methoxy groups -OCH3 is 1. The third-order valence-corrected chi connectivity index (χ3v) is 4.85. The van der Waals surface area contributed by atoms with E-state index in [1.165, 1.54) is 20.1 Å². The summed E-state index contributed by atoms with van der Waals surface area (Å²) >= 11 is 0. The molecule has 7 heteroatoms. The second kappa shape index (κ2) is 5.09. The highest BCUT2D eigenvalue weighted by molar-refractivity contribution is 7.96. The first kappa shape index (κ1) is 14.3. The van der Waals surface area contributed by atoms with E-state index >= 15 is 0 Å². The van der Waals surface area contributed by atoms with Crippen molar-refractivity contribution in [2.75, 3.05) is 12.9 Å². The summed E-state index contributed by atoms with van der Waals surface area (Å²) in [5.74, 6) is 0.105. The van der Waals surface area contributed by atoms with Gasteiger partial charge in [-0.3, -0.25) is 10.1 Å². The fourth-order valence-electron chi connectivity index (χ4n) is 1.98. The van der Waals surface area contributed by atoms with Crippen molar-refractivity contribution in [3.05, 3.63) is 56.1 Å². The Balaban J connectivity index is 2.48. The first-order valence-corrected chi connectivity index (χ1v) is 7.43. The maximum Gasteiger partial charge on any atom is 0.265 e. The van der Waals surface area contributed by atoms with Crippen LogP contribution in [0, 0.1) is 10.1 Å². The van der Waals surface area contributed by atoms with Crippen LogP contribution >= 0.6 is 0 Å². The van der Waals surface area contributed by atoms with Gasteiger partial charge in [0.05, 0.1) is 16.9 Å². The number of benzene rings is 1. The van der Waals surface area contributed by atoms with Gasteiger partial charge < -0.3 is 4.74 Å². The summed E-state index contributed by atoms with van der Waals surface area (Å²) in [5, 5.41) is 10.8. The lowest BCUT2D eigenvalue weighted by molar-refractivity contribution is -0.424. The van der Waals surface area contributed by atoms with Crippen LogP contribution in [0.1, 0.15) is 12.5 Å². The number of nitro groups is 1. The van der Waals surface area contributed by atoms with Crippen molar-refractivity contribution in [3.63, 3.8) is 0 Å². The second-order valence-electron chi connectivity index (χ2n) is 4.37. The van der Waals surface area contributed by atoms with Crippen molar-refractivity contribution >= 4 is 15.9 Å². The van der Waals surface area contributed by atoms with Gasteiger partial charge in [0.15, 0.2) is 9.84 Å². The van der Waals surface area contributed by atoms with Crippen LogP contribution in [0.3, 0.4) is 0 Å². The summed E-state index contributed by atoms with van der Waals surface area (Å²) in [4.78, 5) is 10.2. The van der Waals surface area contributed by atoms with Crippen LogP contribution in [0.2, 0.25) is 0 Å². The van der Waals surface area contributed by atoms with Crippen LogP contribution in [-0.2, 0) is 9.84 Å². The molecule has 0 saturated heterocycles. The molecule has 0 N–H and O–H groups in total. The molecule has 0 unspecified atom stereocenters. The number of hydrogen-bond donors (Lipinski definition) is 0. The Kier molecular flexibility index (Phi) is 3.63. The minimum absolute atomic E-state index is 0.00867. The summed E-state index contributed by atoms with van der Waals surface area (Å²) in [6.45, 7) is 1.46. The molecule has 1 aromatic rings. The maximum atomic E-state index is 12.0. The zero-order valence-corrected chi connectivity index (χ0v) is 11.8. The molecule has 1 aromatic carbocycles. The van der Waals surface area contributed by atoms with Crippen LogP contribution < -0.4 is 4.74 Å². The van der Waals surface area contributed by atoms with Crippen LogP contribution in [0.15, 0.2) is 40.4 Å². The number of sulfone groups is 1. The number of rotatable bonds is 3. The molecule has 106 valence electrons. The van der Waals surface area contributed by atoms with Gasteiger partial charge in [0.25, 0.3) is 5.70 Å². The summed E-state index contributed by atoms with van der Waals surface area (Å²) in [5.41, 5.74) is 0.587. The van der Waals surface area contributed by atoms with E-state index < -0.39 is 20.5 Å². The van der Waals surface area contributed by atoms with Crippen molar-refractivity contribution in [1.82, 2.24) is 0 Å². The molecule has 6 nitrogen and oxygen atoms in total. The van der Waals surface area contributed by atoms with E-state index in [0.717, 1.165) is 0 Å². The fraction of sp³-hybridized carbons (Fsp3) is 0.231. The van der Waals surface area contributed by atoms with Crippen LogP contribution in [0.5, 0.6) is 5.75 Å². The monoisotopic (exact) mass is 295 g/mol. The average molecular weight is 295 g/mol. The molecular weight excluding hydrogens is 282 g/mol. The van der Waals surface area contributed by atoms with Gasteiger partial charge in [-0.1, -0.05) is 12.1 Å². The molecular formula is C13H13NO5S. The van der Waals surface area contributed by atoms with E-state index in [4.69, 9.17) is 4.74 Å². The molecule has 0 radical (unpaired) electrons. The van der Waals surface area contributed by atoms with E-state index in [1.54, 1.807) is 24.3 Å². The summed E-state index contributed by atoms with van der Waals surface area (Å²) in [6.07, 6.45) is 1.45. The molecule has 2 rings (SSSR count). The SMILES string of the molecule is COc1ccc(C=C2C(C)=C([N+](=O)[O-])CS2(=O)=O)cc1. The Bertz CT molecular complexity index is 714. The van der Waals surface area contributed by atoms with Crippen LogP contribution in [-0.4, -0.2) is 26.2 Å². The van der Waals surface area contributed by atoms with Gasteiger partial charge in [-0.15, -0.1) is 0 Å². The van der Waals surface area contributed by atoms with E-state index in [-0.39, 0.29) is 16.2 Å². The van der Waals surface area contributed by atoms with E-state index in [9.17, 15) is 18.5 Å². The van der Waals surface area contributed by atoms with Crippen molar-refractivity contribution in [2.24, 2.45) is 0 Å². The third-order valence-electron chi connectivity index (χ3n) is 3.10. The Morgan fingerprint density at radius 1 is 1.30 bits per heavy atom. The molecule has 0 aromatic heterocycles. The molecule has 0 fully saturated rings. The van der Waals surface area contributed by atoms with Gasteiger partial charge in [-0.25, -0.2) is 8.42 Å². The second-order valence-corrected chi connectivity index (χ2v) is 6.33. The van der Waals surface area contributed by atoms with Crippen molar-refractivity contribution in [1.29, 1.82) is 0 Å². The van der Waals surface area contributed by atoms with Gasteiger partial charge in [-0.2, -0.15) is 0 Å². The summed E-state index contributed by atoms with van der Waals surface area (Å²) in [6, 6.07) is 6.78. The van der Waals surface area contributed by atoms with Crippen LogP contribution in [0.4, 0.5) is 0 Å². The molecule has 0 amide bonds. The Labute approximate surface area is 116 Å². The quantitative estimate of drug-likeness (QED) is 0.629. The summed E-state index contributed by atoms with van der Waals surface area (Å²) < 4.78 is 29.0.